The quantitative estimate of drug-likeness (QED) is 0.508. The molecule has 6 nitrogen and oxygen atoms in total. The van der Waals surface area contributed by atoms with E-state index < -0.39 is 0 Å². The van der Waals surface area contributed by atoms with Gasteiger partial charge in [-0.3, -0.25) is 4.79 Å². The molecule has 0 saturated heterocycles. The first-order valence-electron chi connectivity index (χ1n) is 9.72. The van der Waals surface area contributed by atoms with Crippen LogP contribution in [0.3, 0.4) is 0 Å². The van der Waals surface area contributed by atoms with E-state index in [0.29, 0.717) is 18.1 Å². The molecule has 0 unspecified atom stereocenters. The second kappa shape index (κ2) is 8.79. The van der Waals surface area contributed by atoms with Crippen molar-refractivity contribution in [3.8, 4) is 22.7 Å². The average Bonchev–Trinajstić information content (AvgIpc) is 3.23. The van der Waals surface area contributed by atoms with Gasteiger partial charge in [-0.05, 0) is 53.9 Å². The Morgan fingerprint density at radius 2 is 1.90 bits per heavy atom. The van der Waals surface area contributed by atoms with E-state index >= 15 is 0 Å². The van der Waals surface area contributed by atoms with Crippen molar-refractivity contribution in [2.45, 2.75) is 13.5 Å². The van der Waals surface area contributed by atoms with Crippen molar-refractivity contribution >= 4 is 5.91 Å². The molecule has 1 amide bonds. The van der Waals surface area contributed by atoms with Crippen LogP contribution in [-0.4, -0.2) is 27.6 Å². The van der Waals surface area contributed by atoms with Crippen molar-refractivity contribution in [1.29, 1.82) is 0 Å². The highest BCUT2D eigenvalue weighted by Gasteiger charge is 2.14. The first kappa shape index (κ1) is 20.3. The van der Waals surface area contributed by atoms with E-state index in [2.05, 4.69) is 15.3 Å². The lowest BCUT2D eigenvalue weighted by atomic mass is 10.0. The van der Waals surface area contributed by atoms with Crippen LogP contribution in [0.1, 0.15) is 21.7 Å². The van der Waals surface area contributed by atoms with Crippen LogP contribution in [0.5, 0.6) is 5.88 Å². The van der Waals surface area contributed by atoms with Gasteiger partial charge in [0.25, 0.3) is 5.91 Å². The van der Waals surface area contributed by atoms with Gasteiger partial charge in [-0.2, -0.15) is 0 Å². The van der Waals surface area contributed by atoms with Crippen LogP contribution in [0, 0.1) is 12.7 Å². The smallest absolute Gasteiger partial charge is 0.270 e. The number of amides is 1. The summed E-state index contributed by atoms with van der Waals surface area (Å²) >= 11 is 0. The minimum atomic E-state index is -0.307. The molecular formula is C24H21FN4O2. The number of nitrogens with zero attached hydrogens (tertiary/aromatic N) is 3. The Morgan fingerprint density at radius 3 is 2.61 bits per heavy atom. The van der Waals surface area contributed by atoms with Crippen molar-refractivity contribution in [3.63, 3.8) is 0 Å². The predicted molar refractivity (Wildman–Crippen MR) is 116 cm³/mol. The molecule has 7 heteroatoms. The number of halogens is 1. The molecule has 0 aliphatic carbocycles. The van der Waals surface area contributed by atoms with Gasteiger partial charge >= 0.3 is 0 Å². The number of rotatable bonds is 6. The third kappa shape index (κ3) is 4.61. The van der Waals surface area contributed by atoms with E-state index in [1.54, 1.807) is 35.2 Å². The molecule has 2 heterocycles. The molecule has 0 spiro atoms. The Bertz CT molecular complexity index is 1220. The van der Waals surface area contributed by atoms with Crippen molar-refractivity contribution in [2.75, 3.05) is 7.11 Å². The van der Waals surface area contributed by atoms with Crippen LogP contribution in [0.15, 0.2) is 73.2 Å². The zero-order valence-electron chi connectivity index (χ0n) is 17.2. The van der Waals surface area contributed by atoms with Crippen LogP contribution < -0.4 is 10.1 Å². The zero-order valence-corrected chi connectivity index (χ0v) is 17.2. The molecule has 0 aliphatic heterocycles. The predicted octanol–water partition coefficient (Wildman–Crippen LogP) is 4.32. The summed E-state index contributed by atoms with van der Waals surface area (Å²) in [4.78, 5) is 21.2. The zero-order chi connectivity index (χ0) is 21.8. The third-order valence-corrected chi connectivity index (χ3v) is 4.81. The SMILES string of the molecule is COc1nc(C(=O)NCc2cccc(-c3ccc(F)cc3)c2)ccc1-n1cnc(C)c1. The molecular weight excluding hydrogens is 395 g/mol. The number of aromatic nitrogens is 3. The van der Waals surface area contributed by atoms with Crippen LogP contribution in [0.2, 0.25) is 0 Å². The number of ether oxygens (including phenoxy) is 1. The van der Waals surface area contributed by atoms with Gasteiger partial charge in [0.15, 0.2) is 0 Å². The molecule has 0 radical (unpaired) electrons. The normalized spacial score (nSPS) is 10.7. The molecule has 4 aromatic rings. The van der Waals surface area contributed by atoms with Crippen molar-refractivity contribution in [1.82, 2.24) is 19.9 Å². The maximum absolute atomic E-state index is 13.2. The fourth-order valence-electron chi connectivity index (χ4n) is 3.24. The first-order chi connectivity index (χ1) is 15.0. The maximum Gasteiger partial charge on any atom is 0.270 e. The molecule has 0 aliphatic rings. The molecule has 0 fully saturated rings. The molecule has 0 atom stereocenters. The lowest BCUT2D eigenvalue weighted by molar-refractivity contribution is 0.0945. The lowest BCUT2D eigenvalue weighted by Gasteiger charge is -2.11. The average molecular weight is 416 g/mol. The van der Waals surface area contributed by atoms with Gasteiger partial charge < -0.3 is 14.6 Å². The first-order valence-corrected chi connectivity index (χ1v) is 9.72. The van der Waals surface area contributed by atoms with E-state index in [-0.39, 0.29) is 17.4 Å². The van der Waals surface area contributed by atoms with Crippen molar-refractivity contribution in [3.05, 3.63) is 96.0 Å². The summed E-state index contributed by atoms with van der Waals surface area (Å²) in [5.41, 5.74) is 4.61. The van der Waals surface area contributed by atoms with E-state index in [1.807, 2.05) is 37.4 Å². The van der Waals surface area contributed by atoms with Crippen molar-refractivity contribution in [2.24, 2.45) is 0 Å². The summed E-state index contributed by atoms with van der Waals surface area (Å²) in [6, 6.07) is 17.5. The summed E-state index contributed by atoms with van der Waals surface area (Å²) in [5.74, 6) is -0.244. The van der Waals surface area contributed by atoms with Gasteiger partial charge in [-0.15, -0.1) is 0 Å². The molecule has 0 bridgehead atoms. The Balaban J connectivity index is 1.48. The van der Waals surface area contributed by atoms with E-state index in [0.717, 1.165) is 22.4 Å². The standard InChI is InChI=1S/C24H21FN4O2/c1-16-14-29(15-27-16)22-11-10-21(28-24(22)31-2)23(30)26-13-17-4-3-5-19(12-17)18-6-8-20(25)9-7-18/h3-12,14-15H,13H2,1-2H3,(H,26,30). The number of nitrogens with one attached hydrogen (secondary N) is 1. The highest BCUT2D eigenvalue weighted by atomic mass is 19.1. The molecule has 1 N–H and O–H groups in total. The molecule has 156 valence electrons. The highest BCUT2D eigenvalue weighted by Crippen LogP contribution is 2.22. The van der Waals surface area contributed by atoms with Gasteiger partial charge in [-0.1, -0.05) is 30.3 Å². The molecule has 31 heavy (non-hydrogen) atoms. The molecule has 4 rings (SSSR count). The topological polar surface area (TPSA) is 69.0 Å². The van der Waals surface area contributed by atoms with Gasteiger partial charge in [-0.25, -0.2) is 14.4 Å². The number of methoxy groups -OCH3 is 1. The Kier molecular flexibility index (Phi) is 5.75. The third-order valence-electron chi connectivity index (χ3n) is 4.81. The Hall–Kier alpha value is -4.00. The fourth-order valence-corrected chi connectivity index (χ4v) is 3.24. The van der Waals surface area contributed by atoms with E-state index in [4.69, 9.17) is 4.74 Å². The van der Waals surface area contributed by atoms with Gasteiger partial charge in [0.2, 0.25) is 5.88 Å². The van der Waals surface area contributed by atoms with Crippen LogP contribution in [-0.2, 0) is 6.54 Å². The van der Waals surface area contributed by atoms with E-state index in [9.17, 15) is 9.18 Å². The number of imidazole rings is 1. The van der Waals surface area contributed by atoms with E-state index in [1.165, 1.54) is 19.2 Å². The Morgan fingerprint density at radius 1 is 1.10 bits per heavy atom. The second-order valence-corrected chi connectivity index (χ2v) is 7.04. The number of pyridine rings is 1. The summed E-state index contributed by atoms with van der Waals surface area (Å²) in [5, 5.41) is 2.88. The molecule has 2 aromatic heterocycles. The summed E-state index contributed by atoms with van der Waals surface area (Å²) in [6.45, 7) is 2.23. The van der Waals surface area contributed by atoms with Crippen LogP contribution in [0.25, 0.3) is 16.8 Å². The minimum Gasteiger partial charge on any atom is -0.479 e. The van der Waals surface area contributed by atoms with Gasteiger partial charge in [0.1, 0.15) is 17.2 Å². The van der Waals surface area contributed by atoms with Gasteiger partial charge in [0, 0.05) is 12.7 Å². The van der Waals surface area contributed by atoms with Crippen molar-refractivity contribution < 1.29 is 13.9 Å². The summed E-state index contributed by atoms with van der Waals surface area (Å²) in [7, 11) is 1.51. The summed E-state index contributed by atoms with van der Waals surface area (Å²) in [6.07, 6.45) is 3.52. The largest absolute Gasteiger partial charge is 0.479 e. The van der Waals surface area contributed by atoms with Crippen LogP contribution in [0.4, 0.5) is 4.39 Å². The minimum absolute atomic E-state index is 0.257. The highest BCUT2D eigenvalue weighted by molar-refractivity contribution is 5.92. The fraction of sp³-hybridized carbons (Fsp3) is 0.125. The summed E-state index contributed by atoms with van der Waals surface area (Å²) < 4.78 is 20.3. The number of aryl methyl sites for hydroxylation is 1. The number of carbonyl (C=O) groups excluding carboxylic acids is 1. The number of hydrogen-bond donors (Lipinski definition) is 1. The number of benzene rings is 2. The number of hydrogen-bond acceptors (Lipinski definition) is 4. The second-order valence-electron chi connectivity index (χ2n) is 7.04. The lowest BCUT2D eigenvalue weighted by Crippen LogP contribution is -2.24. The number of carbonyl (C=O) groups is 1. The molecule has 2 aromatic carbocycles. The maximum atomic E-state index is 13.2. The van der Waals surface area contributed by atoms with Gasteiger partial charge in [0.05, 0.1) is 19.1 Å². The molecule has 0 saturated carbocycles. The Labute approximate surface area is 179 Å². The van der Waals surface area contributed by atoms with Crippen LogP contribution >= 0.6 is 0 Å². The monoisotopic (exact) mass is 416 g/mol.